The normalized spacial score (nSPS) is 15.1. The van der Waals surface area contributed by atoms with Crippen LogP contribution in [0.4, 0.5) is 5.69 Å². The largest absolute Gasteiger partial charge is 0.452 e. The molecule has 0 unspecified atom stereocenters. The zero-order valence-corrected chi connectivity index (χ0v) is 14.9. The van der Waals surface area contributed by atoms with Crippen molar-refractivity contribution in [3.8, 4) is 0 Å². The Balaban J connectivity index is 1.95. The molecule has 0 aliphatic carbocycles. The molecule has 2 rings (SSSR count). The lowest BCUT2D eigenvalue weighted by atomic mass is 10.1. The molecule has 7 heteroatoms. The summed E-state index contributed by atoms with van der Waals surface area (Å²) < 4.78 is 5.05. The molecule has 0 fully saturated rings. The van der Waals surface area contributed by atoms with Crippen molar-refractivity contribution in [2.75, 3.05) is 17.7 Å². The molecule has 0 saturated carbocycles. The summed E-state index contributed by atoms with van der Waals surface area (Å²) in [6, 6.07) is 5.02. The molecule has 1 aromatic rings. The van der Waals surface area contributed by atoms with E-state index in [1.165, 1.54) is 0 Å². The predicted octanol–water partition coefficient (Wildman–Crippen LogP) is 2.44. The first-order valence-electron chi connectivity index (χ1n) is 7.90. The zero-order valence-electron chi connectivity index (χ0n) is 14.0. The standard InChI is InChI=1S/C17H22N2O4S/c1-10(2)11(3)18-16(21)9-23-17(22)12-4-5-14-13(8-12)19-15(20)6-7-24-14/h4-5,8,10-11H,6-7,9H2,1-3H3,(H,18,21)(H,19,20)/t11-/m1/s1. The van der Waals surface area contributed by atoms with Gasteiger partial charge in [0.2, 0.25) is 5.91 Å². The monoisotopic (exact) mass is 350 g/mol. The maximum atomic E-state index is 12.1. The minimum absolute atomic E-state index is 0.0101. The van der Waals surface area contributed by atoms with Crippen LogP contribution in [0.2, 0.25) is 0 Å². The zero-order chi connectivity index (χ0) is 17.7. The molecule has 1 aliphatic heterocycles. The molecule has 130 valence electrons. The van der Waals surface area contributed by atoms with Crippen molar-refractivity contribution in [1.82, 2.24) is 5.32 Å². The number of carbonyl (C=O) groups excluding carboxylic acids is 3. The van der Waals surface area contributed by atoms with Crippen LogP contribution in [-0.2, 0) is 14.3 Å². The molecule has 24 heavy (non-hydrogen) atoms. The van der Waals surface area contributed by atoms with Crippen LogP contribution in [0.1, 0.15) is 37.6 Å². The minimum atomic E-state index is -0.589. The SMILES string of the molecule is CC(C)[C@@H](C)NC(=O)COC(=O)c1ccc2c(c1)NC(=O)CCS2. The highest BCUT2D eigenvalue weighted by atomic mass is 32.2. The maximum absolute atomic E-state index is 12.1. The molecule has 0 aromatic heterocycles. The molecule has 0 radical (unpaired) electrons. The number of hydrogen-bond donors (Lipinski definition) is 2. The van der Waals surface area contributed by atoms with Crippen molar-refractivity contribution in [2.24, 2.45) is 5.92 Å². The van der Waals surface area contributed by atoms with Crippen molar-refractivity contribution < 1.29 is 19.1 Å². The first-order chi connectivity index (χ1) is 11.4. The fourth-order valence-corrected chi connectivity index (χ4v) is 2.96. The minimum Gasteiger partial charge on any atom is -0.452 e. The van der Waals surface area contributed by atoms with E-state index in [2.05, 4.69) is 10.6 Å². The van der Waals surface area contributed by atoms with Crippen LogP contribution in [0, 0.1) is 5.92 Å². The molecular weight excluding hydrogens is 328 g/mol. The summed E-state index contributed by atoms with van der Waals surface area (Å²) >= 11 is 1.56. The molecule has 2 amide bonds. The molecule has 1 atom stereocenters. The Morgan fingerprint density at radius 2 is 2.08 bits per heavy atom. The van der Waals surface area contributed by atoms with Gasteiger partial charge in [-0.1, -0.05) is 13.8 Å². The van der Waals surface area contributed by atoms with Crippen molar-refractivity contribution in [1.29, 1.82) is 0 Å². The number of anilines is 1. The van der Waals surface area contributed by atoms with Crippen LogP contribution in [0.5, 0.6) is 0 Å². The highest BCUT2D eigenvalue weighted by Gasteiger charge is 2.18. The van der Waals surface area contributed by atoms with Gasteiger partial charge >= 0.3 is 5.97 Å². The Morgan fingerprint density at radius 3 is 2.79 bits per heavy atom. The number of benzene rings is 1. The fourth-order valence-electron chi connectivity index (χ4n) is 2.02. The number of nitrogens with one attached hydrogen (secondary N) is 2. The first kappa shape index (κ1) is 18.3. The van der Waals surface area contributed by atoms with Gasteiger partial charge < -0.3 is 15.4 Å². The predicted molar refractivity (Wildman–Crippen MR) is 93.1 cm³/mol. The summed E-state index contributed by atoms with van der Waals surface area (Å²) in [7, 11) is 0. The van der Waals surface area contributed by atoms with Crippen molar-refractivity contribution in [3.05, 3.63) is 23.8 Å². The molecule has 6 nitrogen and oxygen atoms in total. The number of rotatable bonds is 5. The summed E-state index contributed by atoms with van der Waals surface area (Å²) in [5.74, 6) is 0.0117. The van der Waals surface area contributed by atoms with Gasteiger partial charge in [0.05, 0.1) is 11.3 Å². The highest BCUT2D eigenvalue weighted by Crippen LogP contribution is 2.31. The van der Waals surface area contributed by atoms with E-state index in [0.717, 1.165) is 4.90 Å². The molecular formula is C17H22N2O4S. The lowest BCUT2D eigenvalue weighted by Gasteiger charge is -2.17. The summed E-state index contributed by atoms with van der Waals surface area (Å²) in [6.45, 7) is 5.57. The van der Waals surface area contributed by atoms with Crippen LogP contribution >= 0.6 is 11.8 Å². The van der Waals surface area contributed by atoms with Gasteiger partial charge in [0.15, 0.2) is 6.61 Å². The van der Waals surface area contributed by atoms with Gasteiger partial charge in [-0.25, -0.2) is 4.79 Å². The van der Waals surface area contributed by atoms with E-state index in [1.54, 1.807) is 30.0 Å². The third-order valence-electron chi connectivity index (χ3n) is 3.80. The molecule has 2 N–H and O–H groups in total. The van der Waals surface area contributed by atoms with Gasteiger partial charge in [0.1, 0.15) is 0 Å². The third-order valence-corrected chi connectivity index (χ3v) is 4.87. The molecule has 1 heterocycles. The average molecular weight is 350 g/mol. The van der Waals surface area contributed by atoms with Crippen LogP contribution < -0.4 is 10.6 Å². The molecule has 0 saturated heterocycles. The Hall–Kier alpha value is -2.02. The van der Waals surface area contributed by atoms with Crippen molar-refractivity contribution >= 4 is 35.2 Å². The van der Waals surface area contributed by atoms with Crippen LogP contribution in [-0.4, -0.2) is 36.2 Å². The second-order valence-corrected chi connectivity index (χ2v) is 7.17. The van der Waals surface area contributed by atoms with Gasteiger partial charge in [0, 0.05) is 23.1 Å². The second kappa shape index (κ2) is 8.19. The molecule has 1 aromatic carbocycles. The Bertz CT molecular complexity index is 645. The molecule has 0 spiro atoms. The average Bonchev–Trinajstić information content (AvgIpc) is 2.72. The van der Waals surface area contributed by atoms with Gasteiger partial charge in [-0.3, -0.25) is 9.59 Å². The van der Waals surface area contributed by atoms with Crippen LogP contribution in [0.15, 0.2) is 23.1 Å². The van der Waals surface area contributed by atoms with E-state index >= 15 is 0 Å². The lowest BCUT2D eigenvalue weighted by molar-refractivity contribution is -0.125. The van der Waals surface area contributed by atoms with E-state index in [4.69, 9.17) is 4.74 Å². The van der Waals surface area contributed by atoms with E-state index in [9.17, 15) is 14.4 Å². The lowest BCUT2D eigenvalue weighted by Crippen LogP contribution is -2.38. The van der Waals surface area contributed by atoms with E-state index < -0.39 is 5.97 Å². The Kier molecular flexibility index (Phi) is 6.25. The van der Waals surface area contributed by atoms with E-state index in [0.29, 0.717) is 29.3 Å². The van der Waals surface area contributed by atoms with E-state index in [1.807, 2.05) is 20.8 Å². The number of thioether (sulfide) groups is 1. The maximum Gasteiger partial charge on any atom is 0.338 e. The summed E-state index contributed by atoms with van der Waals surface area (Å²) in [5, 5.41) is 5.55. The summed E-state index contributed by atoms with van der Waals surface area (Å²) in [5.41, 5.74) is 0.913. The fraction of sp³-hybridized carbons (Fsp3) is 0.471. The quantitative estimate of drug-likeness (QED) is 0.797. The number of carbonyl (C=O) groups is 3. The van der Waals surface area contributed by atoms with E-state index in [-0.39, 0.29) is 24.5 Å². The van der Waals surface area contributed by atoms with Crippen molar-refractivity contribution in [2.45, 2.75) is 38.1 Å². The van der Waals surface area contributed by atoms with Gasteiger partial charge in [0.25, 0.3) is 5.91 Å². The van der Waals surface area contributed by atoms with Crippen LogP contribution in [0.3, 0.4) is 0 Å². The summed E-state index contributed by atoms with van der Waals surface area (Å²) in [4.78, 5) is 36.4. The third kappa shape index (κ3) is 4.99. The summed E-state index contributed by atoms with van der Waals surface area (Å²) in [6.07, 6.45) is 0.438. The van der Waals surface area contributed by atoms with Gasteiger partial charge in [-0.2, -0.15) is 0 Å². The second-order valence-electron chi connectivity index (χ2n) is 6.03. The number of amides is 2. The van der Waals surface area contributed by atoms with Gasteiger partial charge in [-0.15, -0.1) is 11.8 Å². The first-order valence-corrected chi connectivity index (χ1v) is 8.88. The topological polar surface area (TPSA) is 84.5 Å². The number of hydrogen-bond acceptors (Lipinski definition) is 5. The molecule has 0 bridgehead atoms. The Labute approximate surface area is 145 Å². The number of esters is 1. The highest BCUT2D eigenvalue weighted by molar-refractivity contribution is 7.99. The van der Waals surface area contributed by atoms with Gasteiger partial charge in [-0.05, 0) is 31.0 Å². The Morgan fingerprint density at radius 1 is 1.33 bits per heavy atom. The smallest absolute Gasteiger partial charge is 0.338 e. The van der Waals surface area contributed by atoms with Crippen LogP contribution in [0.25, 0.3) is 0 Å². The number of ether oxygens (including phenoxy) is 1. The number of fused-ring (bicyclic) bond motifs is 1. The molecule has 1 aliphatic rings. The van der Waals surface area contributed by atoms with Crippen molar-refractivity contribution in [3.63, 3.8) is 0 Å².